The summed E-state index contributed by atoms with van der Waals surface area (Å²) in [6, 6.07) is 5.90. The van der Waals surface area contributed by atoms with Gasteiger partial charge < -0.3 is 5.32 Å². The topological polar surface area (TPSA) is 64.7 Å². The zero-order valence-corrected chi connectivity index (χ0v) is 17.1. The summed E-state index contributed by atoms with van der Waals surface area (Å²) in [7, 11) is 1.28. The fourth-order valence-electron chi connectivity index (χ4n) is 2.84. The van der Waals surface area contributed by atoms with Gasteiger partial charge >= 0.3 is 6.18 Å². The van der Waals surface area contributed by atoms with Gasteiger partial charge in [0.05, 0.1) is 33.7 Å². The molecule has 0 bridgehead atoms. The molecule has 3 aromatic rings. The molecule has 0 spiro atoms. The number of anilines is 1. The van der Waals surface area contributed by atoms with Crippen LogP contribution in [-0.4, -0.2) is 25.5 Å². The van der Waals surface area contributed by atoms with E-state index in [-0.39, 0.29) is 5.69 Å². The van der Waals surface area contributed by atoms with Gasteiger partial charge in [0, 0.05) is 13.1 Å². The van der Waals surface area contributed by atoms with Gasteiger partial charge in [-0.1, -0.05) is 29.3 Å². The van der Waals surface area contributed by atoms with E-state index in [0.717, 1.165) is 10.2 Å². The number of rotatable bonds is 4. The molecule has 29 heavy (non-hydrogen) atoms. The second-order valence-corrected chi connectivity index (χ2v) is 7.26. The van der Waals surface area contributed by atoms with Crippen LogP contribution in [0.3, 0.4) is 0 Å². The molecule has 0 radical (unpaired) electrons. The first-order valence-corrected chi connectivity index (χ1v) is 9.13. The molecule has 0 aliphatic rings. The quantitative estimate of drug-likeness (QED) is 0.623. The van der Waals surface area contributed by atoms with E-state index in [9.17, 15) is 18.0 Å². The molecular formula is C18H16Cl2F3N5O. The number of benzene rings is 1. The minimum Gasteiger partial charge on any atom is -0.317 e. The Morgan fingerprint density at radius 3 is 2.41 bits per heavy atom. The minimum atomic E-state index is -4.63. The molecule has 0 fully saturated rings. The molecule has 0 saturated carbocycles. The maximum atomic E-state index is 12.8. The van der Waals surface area contributed by atoms with Crippen molar-refractivity contribution in [2.75, 3.05) is 5.32 Å². The lowest BCUT2D eigenvalue weighted by atomic mass is 10.2. The van der Waals surface area contributed by atoms with E-state index in [1.54, 1.807) is 36.7 Å². The number of carbonyl (C=O) groups excluding carboxylic acids is 1. The molecule has 11 heteroatoms. The molecule has 6 nitrogen and oxygen atoms in total. The normalized spacial score (nSPS) is 11.7. The number of aryl methyl sites for hydroxylation is 2. The molecule has 1 aromatic carbocycles. The van der Waals surface area contributed by atoms with Crippen LogP contribution in [0, 0.1) is 13.8 Å². The van der Waals surface area contributed by atoms with Gasteiger partial charge in [-0.2, -0.15) is 23.4 Å². The number of nitrogens with zero attached hydrogens (tertiary/aromatic N) is 4. The van der Waals surface area contributed by atoms with Gasteiger partial charge in [-0.15, -0.1) is 0 Å². The first-order chi connectivity index (χ1) is 13.5. The second kappa shape index (κ2) is 7.72. The highest BCUT2D eigenvalue weighted by Crippen LogP contribution is 2.29. The van der Waals surface area contributed by atoms with Crippen LogP contribution in [0.5, 0.6) is 0 Å². The van der Waals surface area contributed by atoms with Gasteiger partial charge in [-0.3, -0.25) is 14.2 Å². The largest absolute Gasteiger partial charge is 0.435 e. The maximum absolute atomic E-state index is 12.8. The number of halogens is 5. The number of hydrogen-bond acceptors (Lipinski definition) is 3. The smallest absolute Gasteiger partial charge is 0.317 e. The first-order valence-electron chi connectivity index (χ1n) is 8.38. The third-order valence-corrected chi connectivity index (χ3v) is 5.08. The summed E-state index contributed by atoms with van der Waals surface area (Å²) in [5.41, 5.74) is 1.09. The van der Waals surface area contributed by atoms with Crippen LogP contribution in [0.1, 0.15) is 33.1 Å². The minimum absolute atomic E-state index is 0.214. The Balaban J connectivity index is 1.84. The van der Waals surface area contributed by atoms with Crippen LogP contribution in [0.4, 0.5) is 18.9 Å². The van der Waals surface area contributed by atoms with Crippen molar-refractivity contribution in [2.45, 2.75) is 26.6 Å². The standard InChI is InChI=1S/C18H16Cl2F3N5O/c1-9-16(24-17(29)14-7-15(18(21,22)23)26-27(14)3)10(2)28(25-9)8-11-4-5-12(19)13(20)6-11/h4-7H,8H2,1-3H3,(H,24,29). The summed E-state index contributed by atoms with van der Waals surface area (Å²) in [6.45, 7) is 3.82. The highest BCUT2D eigenvalue weighted by Gasteiger charge is 2.35. The van der Waals surface area contributed by atoms with E-state index < -0.39 is 17.8 Å². The first kappa shape index (κ1) is 21.2. The van der Waals surface area contributed by atoms with Crippen molar-refractivity contribution >= 4 is 34.8 Å². The van der Waals surface area contributed by atoms with Gasteiger partial charge in [0.15, 0.2) is 5.69 Å². The lowest BCUT2D eigenvalue weighted by Crippen LogP contribution is -2.17. The van der Waals surface area contributed by atoms with E-state index in [1.165, 1.54) is 7.05 Å². The van der Waals surface area contributed by atoms with Crippen LogP contribution in [0.15, 0.2) is 24.3 Å². The fraction of sp³-hybridized carbons (Fsp3) is 0.278. The Bertz CT molecular complexity index is 1090. The molecular weight excluding hydrogens is 430 g/mol. The van der Waals surface area contributed by atoms with Gasteiger partial charge in [0.1, 0.15) is 5.69 Å². The lowest BCUT2D eigenvalue weighted by molar-refractivity contribution is -0.141. The number of amides is 1. The Hall–Kier alpha value is -2.52. The third kappa shape index (κ3) is 4.40. The molecule has 2 aromatic heterocycles. The third-order valence-electron chi connectivity index (χ3n) is 4.34. The molecule has 154 valence electrons. The second-order valence-electron chi connectivity index (χ2n) is 6.44. The molecule has 1 amide bonds. The Morgan fingerprint density at radius 2 is 1.83 bits per heavy atom. The van der Waals surface area contributed by atoms with E-state index >= 15 is 0 Å². The molecule has 1 N–H and O–H groups in total. The van der Waals surface area contributed by atoms with E-state index in [4.69, 9.17) is 23.2 Å². The molecule has 0 aliphatic heterocycles. The summed E-state index contributed by atoms with van der Waals surface area (Å²) < 4.78 is 41.0. The molecule has 0 unspecified atom stereocenters. The van der Waals surface area contributed by atoms with Crippen LogP contribution in [0.2, 0.25) is 10.0 Å². The SMILES string of the molecule is Cc1nn(Cc2ccc(Cl)c(Cl)c2)c(C)c1NC(=O)c1cc(C(F)(F)F)nn1C. The number of alkyl halides is 3. The monoisotopic (exact) mass is 445 g/mol. The molecule has 0 atom stereocenters. The van der Waals surface area contributed by atoms with Crippen LogP contribution < -0.4 is 5.32 Å². The Kier molecular flexibility index (Phi) is 5.64. The summed E-state index contributed by atoms with van der Waals surface area (Å²) in [5, 5.41) is 11.2. The highest BCUT2D eigenvalue weighted by atomic mass is 35.5. The predicted octanol–water partition coefficient (Wildman–Crippen LogP) is 4.86. The zero-order chi connectivity index (χ0) is 21.5. The molecule has 2 heterocycles. The highest BCUT2D eigenvalue weighted by molar-refractivity contribution is 6.42. The van der Waals surface area contributed by atoms with Gasteiger partial charge in [0.25, 0.3) is 5.91 Å². The van der Waals surface area contributed by atoms with Crippen LogP contribution in [0.25, 0.3) is 0 Å². The van der Waals surface area contributed by atoms with Gasteiger partial charge in [-0.05, 0) is 31.5 Å². The van der Waals surface area contributed by atoms with Crippen LogP contribution >= 0.6 is 23.2 Å². The van der Waals surface area contributed by atoms with Crippen molar-refractivity contribution in [1.82, 2.24) is 19.6 Å². The molecule has 0 aliphatic carbocycles. The van der Waals surface area contributed by atoms with E-state index in [1.807, 2.05) is 0 Å². The summed E-state index contributed by atoms with van der Waals surface area (Å²) in [6.07, 6.45) is -4.63. The fourth-order valence-corrected chi connectivity index (χ4v) is 3.16. The number of aromatic nitrogens is 4. The van der Waals surface area contributed by atoms with Crippen molar-refractivity contribution in [3.05, 3.63) is 62.6 Å². The summed E-state index contributed by atoms with van der Waals surface area (Å²) in [5.74, 6) is -0.712. The number of hydrogen-bond donors (Lipinski definition) is 1. The van der Waals surface area contributed by atoms with E-state index in [2.05, 4.69) is 15.5 Å². The van der Waals surface area contributed by atoms with Crippen LogP contribution in [-0.2, 0) is 19.8 Å². The van der Waals surface area contributed by atoms with Crippen molar-refractivity contribution in [3.8, 4) is 0 Å². The zero-order valence-electron chi connectivity index (χ0n) is 15.6. The molecule has 0 saturated heterocycles. The number of nitrogens with one attached hydrogen (secondary N) is 1. The van der Waals surface area contributed by atoms with Crippen molar-refractivity contribution in [1.29, 1.82) is 0 Å². The van der Waals surface area contributed by atoms with Crippen molar-refractivity contribution in [3.63, 3.8) is 0 Å². The van der Waals surface area contributed by atoms with Gasteiger partial charge in [-0.25, -0.2) is 0 Å². The summed E-state index contributed by atoms with van der Waals surface area (Å²) >= 11 is 12.0. The van der Waals surface area contributed by atoms with Crippen molar-refractivity contribution < 1.29 is 18.0 Å². The summed E-state index contributed by atoms with van der Waals surface area (Å²) in [4.78, 5) is 12.5. The molecule has 3 rings (SSSR count). The number of carbonyl (C=O) groups is 1. The Morgan fingerprint density at radius 1 is 1.14 bits per heavy atom. The average molecular weight is 446 g/mol. The maximum Gasteiger partial charge on any atom is 0.435 e. The average Bonchev–Trinajstić information content (AvgIpc) is 3.13. The van der Waals surface area contributed by atoms with Crippen molar-refractivity contribution in [2.24, 2.45) is 7.05 Å². The van der Waals surface area contributed by atoms with Gasteiger partial charge in [0.2, 0.25) is 0 Å². The lowest BCUT2D eigenvalue weighted by Gasteiger charge is -2.08. The van der Waals surface area contributed by atoms with E-state index in [0.29, 0.717) is 39.7 Å². The Labute approximate surface area is 174 Å². The predicted molar refractivity (Wildman–Crippen MR) is 103 cm³/mol.